The number of nitrogens with zero attached hydrogens (tertiary/aromatic N) is 2. The molecule has 9 rings (SSSR count). The zero-order valence-corrected chi connectivity index (χ0v) is 49.3. The molecular weight excluding hydrogens is 1170 g/mol. The van der Waals surface area contributed by atoms with Crippen molar-refractivity contribution in [2.24, 2.45) is 11.5 Å². The van der Waals surface area contributed by atoms with E-state index in [0.717, 1.165) is 22.3 Å². The number of hydrogen-bond donors (Lipinski definition) is 6. The van der Waals surface area contributed by atoms with Crippen LogP contribution in [0.1, 0.15) is 98.0 Å². The molecular formula is C61H78N6O18P2+2. The number of carbonyl (C=O) groups is 4. The van der Waals surface area contributed by atoms with Crippen LogP contribution < -0.4 is 39.8 Å². The molecule has 0 bridgehead atoms. The first kappa shape index (κ1) is 68.8. The van der Waals surface area contributed by atoms with Crippen LogP contribution in [0.15, 0.2) is 158 Å². The van der Waals surface area contributed by atoms with Gasteiger partial charge in [-0.15, -0.1) is 0 Å². The summed E-state index contributed by atoms with van der Waals surface area (Å²) in [5, 5.41) is 26.6. The lowest BCUT2D eigenvalue weighted by Gasteiger charge is -2.26. The van der Waals surface area contributed by atoms with Crippen molar-refractivity contribution in [1.29, 1.82) is 0 Å². The van der Waals surface area contributed by atoms with Crippen molar-refractivity contribution in [3.8, 4) is 11.5 Å². The van der Waals surface area contributed by atoms with E-state index in [-0.39, 0.29) is 51.7 Å². The van der Waals surface area contributed by atoms with Gasteiger partial charge in [0.2, 0.25) is 0 Å². The van der Waals surface area contributed by atoms with E-state index in [1.54, 1.807) is 104 Å². The van der Waals surface area contributed by atoms with Crippen LogP contribution in [0.2, 0.25) is 0 Å². The third-order valence-electron chi connectivity index (χ3n) is 13.4. The van der Waals surface area contributed by atoms with Gasteiger partial charge in [-0.3, -0.25) is 28.2 Å². The van der Waals surface area contributed by atoms with Gasteiger partial charge in [0.15, 0.2) is 42.8 Å². The second-order valence-corrected chi connectivity index (χ2v) is 24.2. The number of hydrogen-bond acceptors (Lipinski definition) is 18. The number of ether oxygens (including phenoxy) is 6. The van der Waals surface area contributed by atoms with Crippen molar-refractivity contribution in [3.05, 3.63) is 192 Å². The number of aliphatic hydroxyl groups is 2. The molecule has 26 heteroatoms. The molecule has 87 heavy (non-hydrogen) atoms. The quantitative estimate of drug-likeness (QED) is 0.0203. The number of nitrogens with one attached hydrogen (secondary N) is 2. The van der Waals surface area contributed by atoms with Crippen LogP contribution in [0.25, 0.3) is 0 Å². The van der Waals surface area contributed by atoms with Crippen molar-refractivity contribution < 1.29 is 94.2 Å². The van der Waals surface area contributed by atoms with Gasteiger partial charge in [-0.2, -0.15) is 19.3 Å². The first-order chi connectivity index (χ1) is 40.5. The molecule has 2 amide bonds. The molecule has 0 aliphatic carbocycles. The Morgan fingerprint density at radius 3 is 1.41 bits per heavy atom. The number of benzene rings is 4. The zero-order valence-electron chi connectivity index (χ0n) is 47.5. The normalized spacial score (nSPS) is 22.8. The monoisotopic (exact) mass is 1240 g/mol. The van der Waals surface area contributed by atoms with E-state index in [2.05, 4.69) is 10.2 Å². The van der Waals surface area contributed by atoms with Gasteiger partial charge in [0, 0.05) is 12.1 Å². The number of rotatable bonds is 24. The number of amides is 2. The predicted molar refractivity (Wildman–Crippen MR) is 316 cm³/mol. The fraction of sp³-hybridized carbons (Fsp3) is 0.377. The summed E-state index contributed by atoms with van der Waals surface area (Å²) in [4.78, 5) is 48.9. The SMILES string of the molecule is C.C.Cc1ccc(OP(=O)(NC(C)C(=O)OCc2ccccc2)OCC2O[C@@H]([n+]3cccc(C(N)=O)c3)[C@@H]3OC(C)(C)O[C@H]23)cc1.Cc1ccc(OP(=O)(NC(C)C(=O)OCc2ccccc2)OCC2O[C@@H]([n+]3cccc(C(N)=O)c3)[C@H](O)[C@@H]2O)cc1. The lowest BCUT2D eigenvalue weighted by atomic mass is 10.1. The van der Waals surface area contributed by atoms with Gasteiger partial charge in [0.05, 0.1) is 13.2 Å². The average Bonchev–Trinajstić information content (AvgIpc) is 1.69. The summed E-state index contributed by atoms with van der Waals surface area (Å²) in [5.41, 5.74) is 14.8. The Labute approximate surface area is 506 Å². The molecule has 8 N–H and O–H groups in total. The van der Waals surface area contributed by atoms with Crippen molar-refractivity contribution in [3.63, 3.8) is 0 Å². The molecule has 3 saturated heterocycles. The maximum atomic E-state index is 14.2. The van der Waals surface area contributed by atoms with E-state index in [0.29, 0.717) is 5.56 Å². The van der Waals surface area contributed by atoms with Gasteiger partial charge in [-0.25, -0.2) is 9.13 Å². The van der Waals surface area contributed by atoms with E-state index in [1.807, 2.05) is 62.4 Å². The number of nitrogens with two attached hydrogens (primary N) is 2. The van der Waals surface area contributed by atoms with E-state index < -0.39 is 113 Å². The number of esters is 2. The predicted octanol–water partition coefficient (Wildman–Crippen LogP) is 6.92. The lowest BCUT2D eigenvalue weighted by molar-refractivity contribution is -0.766. The Kier molecular flexibility index (Phi) is 24.2. The molecule has 3 aliphatic heterocycles. The van der Waals surface area contributed by atoms with Crippen LogP contribution in [-0.2, 0) is 69.4 Å². The van der Waals surface area contributed by atoms with Gasteiger partial charge >= 0.3 is 27.4 Å². The molecule has 3 fully saturated rings. The Morgan fingerprint density at radius 2 is 0.977 bits per heavy atom. The fourth-order valence-corrected chi connectivity index (χ4v) is 12.0. The van der Waals surface area contributed by atoms with Gasteiger partial charge in [0.25, 0.3) is 24.3 Å². The molecule has 4 aromatic carbocycles. The van der Waals surface area contributed by atoms with E-state index >= 15 is 0 Å². The molecule has 468 valence electrons. The van der Waals surface area contributed by atoms with Crippen LogP contribution in [0.4, 0.5) is 0 Å². The summed E-state index contributed by atoms with van der Waals surface area (Å²) in [6, 6.07) is 36.1. The summed E-state index contributed by atoms with van der Waals surface area (Å²) in [6.07, 6.45) is -1.52. The van der Waals surface area contributed by atoms with Crippen LogP contribution in [0, 0.1) is 13.8 Å². The van der Waals surface area contributed by atoms with Crippen molar-refractivity contribution >= 4 is 39.2 Å². The Bertz CT molecular complexity index is 3350. The van der Waals surface area contributed by atoms with Crippen LogP contribution >= 0.6 is 15.5 Å². The van der Waals surface area contributed by atoms with Crippen LogP contribution in [-0.4, -0.2) is 102 Å². The highest BCUT2D eigenvalue weighted by atomic mass is 31.2. The third-order valence-corrected chi connectivity index (χ3v) is 16.7. The van der Waals surface area contributed by atoms with Gasteiger partial charge in [-0.1, -0.05) is 111 Å². The molecule has 0 saturated carbocycles. The minimum absolute atomic E-state index is 0. The summed E-state index contributed by atoms with van der Waals surface area (Å²) < 4.78 is 89.3. The van der Waals surface area contributed by atoms with Gasteiger partial charge in [-0.05, 0) is 89.1 Å². The first-order valence-electron chi connectivity index (χ1n) is 27.1. The Balaban J connectivity index is 0.000000272. The summed E-state index contributed by atoms with van der Waals surface area (Å²) >= 11 is 0. The lowest BCUT2D eigenvalue weighted by Crippen LogP contribution is -2.46. The summed E-state index contributed by atoms with van der Waals surface area (Å²) in [5.74, 6) is -3.04. The molecule has 6 unspecified atom stereocenters. The molecule has 2 aromatic heterocycles. The molecule has 0 radical (unpaired) electrons. The number of aliphatic hydroxyl groups excluding tert-OH is 2. The Hall–Kier alpha value is -7.28. The molecule has 5 heterocycles. The average molecular weight is 1250 g/mol. The van der Waals surface area contributed by atoms with Crippen LogP contribution in [0.3, 0.4) is 0 Å². The number of primary amides is 2. The van der Waals surface area contributed by atoms with Crippen molar-refractivity contribution in [2.45, 2.75) is 137 Å². The van der Waals surface area contributed by atoms with E-state index in [4.69, 9.17) is 58.0 Å². The minimum atomic E-state index is -4.26. The topological polar surface area (TPSA) is 319 Å². The molecule has 3 aliphatic rings. The first-order valence-corrected chi connectivity index (χ1v) is 30.2. The minimum Gasteiger partial charge on any atom is -0.460 e. The summed E-state index contributed by atoms with van der Waals surface area (Å²) in [6.45, 7) is 9.66. The second kappa shape index (κ2) is 30.6. The number of fused-ring (bicyclic) bond motifs is 1. The highest BCUT2D eigenvalue weighted by molar-refractivity contribution is 7.52. The van der Waals surface area contributed by atoms with Crippen molar-refractivity contribution in [2.75, 3.05) is 13.2 Å². The van der Waals surface area contributed by atoms with E-state index in [1.165, 1.54) is 42.9 Å². The molecule has 0 spiro atoms. The van der Waals surface area contributed by atoms with Crippen molar-refractivity contribution in [1.82, 2.24) is 10.2 Å². The number of aryl methyl sites for hydroxylation is 2. The summed E-state index contributed by atoms with van der Waals surface area (Å²) in [7, 11) is -8.46. The zero-order chi connectivity index (χ0) is 61.1. The van der Waals surface area contributed by atoms with Gasteiger partial charge in [0.1, 0.15) is 72.3 Å². The van der Waals surface area contributed by atoms with Gasteiger partial charge < -0.3 is 59.1 Å². The Morgan fingerprint density at radius 1 is 0.575 bits per heavy atom. The number of carbonyl (C=O) groups excluding carboxylic acids is 4. The smallest absolute Gasteiger partial charge is 0.459 e. The van der Waals surface area contributed by atoms with Crippen LogP contribution in [0.5, 0.6) is 11.5 Å². The van der Waals surface area contributed by atoms with E-state index in [9.17, 15) is 38.5 Å². The largest absolute Gasteiger partial charge is 0.460 e. The maximum Gasteiger partial charge on any atom is 0.459 e. The highest BCUT2D eigenvalue weighted by Gasteiger charge is 2.60. The fourth-order valence-electron chi connectivity index (χ4n) is 9.03. The number of aromatic nitrogens is 2. The standard InChI is InChI=1S/C31H36N3O9P.C28H32N3O9P.2CH4/c1-20-12-14-24(15-13-20)43-44(37,33-21(2)30(36)38-18-22-9-6-5-7-10-22)39-19-25-26-27(42-31(3,4)41-26)29(40-25)34-16-8-11-23(17-34)28(32)35;1-18-10-12-22(13-11-18)40-41(36,30-19(2)28(35)37-16-20-7-4-3-5-8-20)38-17-23-24(32)25(33)27(39-23)31-14-6-9-21(15-31)26(29)34;;/h5-17,21,25-27,29H,18-19H2,1-4H3,(H2-,32,33,35,37);3-15,19,23-25,27,32-33H,16-17H2,1-2H3,(H2-,29,30,34,36);2*1H4/p+2/t21?,25?,26-,27-,29-,44?;19?,23?,24-,25-,27-,41?;;/m11../s1. The molecule has 6 aromatic rings. The number of pyridine rings is 2. The second-order valence-electron chi connectivity index (χ2n) is 20.8. The molecule has 12 atom stereocenters. The highest BCUT2D eigenvalue weighted by Crippen LogP contribution is 2.49. The molecule has 24 nitrogen and oxygen atoms in total. The maximum absolute atomic E-state index is 14.2. The third kappa shape index (κ3) is 18.9.